The first-order valence-corrected chi connectivity index (χ1v) is 12.0. The molecule has 2 aromatic carbocycles. The molecule has 1 amide bonds. The Morgan fingerprint density at radius 2 is 1.90 bits per heavy atom. The van der Waals surface area contributed by atoms with E-state index in [1.807, 2.05) is 19.9 Å². The number of ether oxygens (including phenoxy) is 2. The van der Waals surface area contributed by atoms with Gasteiger partial charge in [-0.15, -0.1) is 5.10 Å². The van der Waals surface area contributed by atoms with E-state index in [0.717, 1.165) is 17.8 Å². The number of nitrogens with one attached hydrogen (secondary N) is 1. The predicted octanol–water partition coefficient (Wildman–Crippen LogP) is 2.07. The molecule has 0 atom stereocenters. The van der Waals surface area contributed by atoms with Gasteiger partial charge in [-0.3, -0.25) is 9.69 Å². The lowest BCUT2D eigenvalue weighted by atomic mass is 10.2. The first-order chi connectivity index (χ1) is 18.9. The van der Waals surface area contributed by atoms with Crippen molar-refractivity contribution in [3.8, 4) is 17.3 Å². The Morgan fingerprint density at radius 1 is 1.13 bits per heavy atom. The SMILES string of the molecule is CCN(CC)Cc1nnn(-c2nonc2N)c1C(=O)NN=Cc1ccc(OC(=O)c2ccccc2)c(OC)c1. The fraction of sp³-hybridized carbons (Fsp3) is 0.240. The highest BCUT2D eigenvalue weighted by Gasteiger charge is 2.25. The van der Waals surface area contributed by atoms with Gasteiger partial charge in [0.15, 0.2) is 17.2 Å². The largest absolute Gasteiger partial charge is 0.493 e. The average Bonchev–Trinajstić information content (AvgIpc) is 3.58. The highest BCUT2D eigenvalue weighted by molar-refractivity contribution is 5.95. The molecular weight excluding hydrogens is 506 g/mol. The van der Waals surface area contributed by atoms with E-state index >= 15 is 0 Å². The number of hydrogen-bond donors (Lipinski definition) is 2. The van der Waals surface area contributed by atoms with Gasteiger partial charge in [0.1, 0.15) is 5.69 Å². The minimum Gasteiger partial charge on any atom is -0.493 e. The molecule has 0 saturated heterocycles. The van der Waals surface area contributed by atoms with Gasteiger partial charge in [-0.05, 0) is 59.3 Å². The van der Waals surface area contributed by atoms with Gasteiger partial charge in [0, 0.05) is 6.54 Å². The smallest absolute Gasteiger partial charge is 0.343 e. The summed E-state index contributed by atoms with van der Waals surface area (Å²) in [6.07, 6.45) is 1.41. The quantitative estimate of drug-likeness (QED) is 0.125. The summed E-state index contributed by atoms with van der Waals surface area (Å²) in [4.78, 5) is 27.7. The second kappa shape index (κ2) is 12.4. The van der Waals surface area contributed by atoms with Gasteiger partial charge in [-0.25, -0.2) is 14.8 Å². The molecule has 3 N–H and O–H groups in total. The standard InChI is InChI=1S/C25H27N9O5/c1-4-33(5-2)15-18-21(34(32-28-18)23-22(26)30-39-31-23)24(35)29-27-14-16-11-12-19(20(13-16)37-3)38-25(36)17-9-7-6-8-10-17/h6-14H,4-5,15H2,1-3H3,(H2,26,30)(H,29,35). The molecule has 0 bridgehead atoms. The second-order valence-corrected chi connectivity index (χ2v) is 8.10. The number of aromatic nitrogens is 5. The molecule has 0 unspecified atom stereocenters. The number of nitrogens with zero attached hydrogens (tertiary/aromatic N) is 7. The van der Waals surface area contributed by atoms with Crippen molar-refractivity contribution in [2.75, 3.05) is 25.9 Å². The monoisotopic (exact) mass is 533 g/mol. The van der Waals surface area contributed by atoms with Gasteiger partial charge in [-0.1, -0.05) is 37.3 Å². The molecule has 4 rings (SSSR count). The highest BCUT2D eigenvalue weighted by Crippen LogP contribution is 2.28. The van der Waals surface area contributed by atoms with Crippen molar-refractivity contribution in [1.82, 2.24) is 35.6 Å². The van der Waals surface area contributed by atoms with E-state index in [1.54, 1.807) is 42.5 Å². The van der Waals surface area contributed by atoms with Crippen molar-refractivity contribution in [1.29, 1.82) is 0 Å². The summed E-state index contributed by atoms with van der Waals surface area (Å²) >= 11 is 0. The van der Waals surface area contributed by atoms with Crippen molar-refractivity contribution < 1.29 is 23.7 Å². The number of amides is 1. The molecule has 2 aromatic heterocycles. The number of hydrazone groups is 1. The van der Waals surface area contributed by atoms with Crippen LogP contribution in [0.1, 0.15) is 46.0 Å². The third kappa shape index (κ3) is 6.24. The van der Waals surface area contributed by atoms with Crippen LogP contribution in [0, 0.1) is 0 Å². The van der Waals surface area contributed by atoms with Crippen LogP contribution in [-0.2, 0) is 6.54 Å². The maximum absolute atomic E-state index is 13.2. The Balaban J connectivity index is 1.52. The van der Waals surface area contributed by atoms with Crippen LogP contribution in [0.3, 0.4) is 0 Å². The molecule has 39 heavy (non-hydrogen) atoms. The van der Waals surface area contributed by atoms with E-state index < -0.39 is 11.9 Å². The van der Waals surface area contributed by atoms with Crippen molar-refractivity contribution >= 4 is 23.9 Å². The van der Waals surface area contributed by atoms with Crippen LogP contribution in [0.25, 0.3) is 5.82 Å². The maximum Gasteiger partial charge on any atom is 0.343 e. The molecule has 0 fully saturated rings. The Kier molecular flexibility index (Phi) is 8.58. The van der Waals surface area contributed by atoms with Crippen molar-refractivity contribution in [3.05, 3.63) is 71.0 Å². The number of carbonyl (C=O) groups excluding carboxylic acids is 2. The van der Waals surface area contributed by atoms with Crippen LogP contribution < -0.4 is 20.6 Å². The number of benzene rings is 2. The summed E-state index contributed by atoms with van der Waals surface area (Å²) in [5.41, 5.74) is 9.76. The van der Waals surface area contributed by atoms with Crippen LogP contribution in [0.5, 0.6) is 11.5 Å². The summed E-state index contributed by atoms with van der Waals surface area (Å²) in [6, 6.07) is 13.4. The van der Waals surface area contributed by atoms with Crippen LogP contribution in [-0.4, -0.2) is 68.5 Å². The Labute approximate surface area is 223 Å². The van der Waals surface area contributed by atoms with Gasteiger partial charge < -0.3 is 15.2 Å². The molecule has 0 radical (unpaired) electrons. The van der Waals surface area contributed by atoms with Gasteiger partial charge in [-0.2, -0.15) is 9.78 Å². The number of rotatable bonds is 11. The Morgan fingerprint density at radius 3 is 2.56 bits per heavy atom. The molecule has 0 spiro atoms. The lowest BCUT2D eigenvalue weighted by Crippen LogP contribution is -2.27. The van der Waals surface area contributed by atoms with Crippen molar-refractivity contribution in [2.45, 2.75) is 20.4 Å². The highest BCUT2D eigenvalue weighted by atomic mass is 16.6. The summed E-state index contributed by atoms with van der Waals surface area (Å²) < 4.78 is 16.6. The fourth-order valence-electron chi connectivity index (χ4n) is 3.59. The molecular formula is C25H27N9O5. The summed E-state index contributed by atoms with van der Waals surface area (Å²) in [5, 5.41) is 19.5. The summed E-state index contributed by atoms with van der Waals surface area (Å²) in [7, 11) is 1.45. The van der Waals surface area contributed by atoms with E-state index in [-0.39, 0.29) is 23.1 Å². The lowest BCUT2D eigenvalue weighted by Gasteiger charge is -2.16. The predicted molar refractivity (Wildman–Crippen MR) is 140 cm³/mol. The first kappa shape index (κ1) is 26.9. The number of carbonyl (C=O) groups is 2. The normalized spacial score (nSPS) is 11.2. The Bertz CT molecular complexity index is 1460. The topological polar surface area (TPSA) is 176 Å². The maximum atomic E-state index is 13.2. The molecule has 14 nitrogen and oxygen atoms in total. The number of esters is 1. The van der Waals surface area contributed by atoms with Gasteiger partial charge in [0.25, 0.3) is 5.91 Å². The van der Waals surface area contributed by atoms with Gasteiger partial charge >= 0.3 is 5.97 Å². The van der Waals surface area contributed by atoms with Crippen molar-refractivity contribution in [3.63, 3.8) is 0 Å². The molecule has 0 aliphatic rings. The zero-order chi connectivity index (χ0) is 27.8. The second-order valence-electron chi connectivity index (χ2n) is 8.10. The van der Waals surface area contributed by atoms with Crippen LogP contribution in [0.15, 0.2) is 58.3 Å². The third-order valence-corrected chi connectivity index (χ3v) is 5.70. The van der Waals surface area contributed by atoms with E-state index in [9.17, 15) is 9.59 Å². The lowest BCUT2D eigenvalue weighted by molar-refractivity contribution is 0.0729. The van der Waals surface area contributed by atoms with E-state index in [2.05, 4.69) is 40.7 Å². The van der Waals surface area contributed by atoms with Crippen LogP contribution >= 0.6 is 0 Å². The molecule has 0 aliphatic carbocycles. The molecule has 0 aliphatic heterocycles. The first-order valence-electron chi connectivity index (χ1n) is 12.0. The zero-order valence-electron chi connectivity index (χ0n) is 21.6. The minimum atomic E-state index is -0.596. The summed E-state index contributed by atoms with van der Waals surface area (Å²) in [5.74, 6) is -0.577. The van der Waals surface area contributed by atoms with Crippen molar-refractivity contribution in [2.24, 2.45) is 5.10 Å². The van der Waals surface area contributed by atoms with Crippen LogP contribution in [0.4, 0.5) is 5.82 Å². The zero-order valence-corrected chi connectivity index (χ0v) is 21.6. The third-order valence-electron chi connectivity index (χ3n) is 5.70. The molecule has 0 saturated carbocycles. The molecule has 202 valence electrons. The average molecular weight is 534 g/mol. The van der Waals surface area contributed by atoms with E-state index in [0.29, 0.717) is 29.1 Å². The number of hydrogen-bond acceptors (Lipinski definition) is 12. The van der Waals surface area contributed by atoms with E-state index in [1.165, 1.54) is 13.3 Å². The minimum absolute atomic E-state index is 0.0350. The number of nitrogens with two attached hydrogens (primary N) is 1. The van der Waals surface area contributed by atoms with Gasteiger partial charge in [0.05, 0.1) is 18.9 Å². The summed E-state index contributed by atoms with van der Waals surface area (Å²) in [6.45, 7) is 5.85. The van der Waals surface area contributed by atoms with Crippen LogP contribution in [0.2, 0.25) is 0 Å². The molecule has 14 heteroatoms. The van der Waals surface area contributed by atoms with Gasteiger partial charge in [0.2, 0.25) is 11.6 Å². The Hall–Kier alpha value is -5.11. The fourth-order valence-corrected chi connectivity index (χ4v) is 3.59. The number of methoxy groups -OCH3 is 1. The molecule has 2 heterocycles. The number of nitrogen functional groups attached to an aromatic ring is 1. The number of anilines is 1. The molecule has 4 aromatic rings. The van der Waals surface area contributed by atoms with E-state index in [4.69, 9.17) is 15.2 Å².